The normalized spacial score (nSPS) is 16.1. The first-order valence-electron chi connectivity index (χ1n) is 12.8. The van der Waals surface area contributed by atoms with Crippen LogP contribution in [0.4, 0.5) is 14.6 Å². The first-order chi connectivity index (χ1) is 19.9. The van der Waals surface area contributed by atoms with Crippen LogP contribution in [0.5, 0.6) is 5.75 Å². The zero-order valence-corrected chi connectivity index (χ0v) is 24.2. The molecule has 220 valence electrons. The quantitative estimate of drug-likeness (QED) is 0.135. The Hall–Kier alpha value is -3.44. The van der Waals surface area contributed by atoms with E-state index < -0.39 is 23.2 Å². The number of oxime groups is 1. The van der Waals surface area contributed by atoms with Gasteiger partial charge in [0.2, 0.25) is 0 Å². The van der Waals surface area contributed by atoms with Crippen molar-refractivity contribution in [1.82, 2.24) is 4.98 Å². The second-order valence-electron chi connectivity index (χ2n) is 10.1. The smallest absolute Gasteiger partial charge is 0.337 e. The molecule has 2 heterocycles. The zero-order valence-electron chi connectivity index (χ0n) is 21.9. The van der Waals surface area contributed by atoms with E-state index in [-0.39, 0.29) is 58.5 Å². The van der Waals surface area contributed by atoms with Gasteiger partial charge in [-0.15, -0.1) is 0 Å². The summed E-state index contributed by atoms with van der Waals surface area (Å²) < 4.78 is 34.0. The number of nitrogens with zero attached hydrogens (tertiary/aromatic N) is 3. The van der Waals surface area contributed by atoms with Crippen molar-refractivity contribution in [3.8, 4) is 5.75 Å². The molecular weight excluding hydrogens is 615 g/mol. The van der Waals surface area contributed by atoms with Crippen LogP contribution in [0.25, 0.3) is 0 Å². The molecule has 42 heavy (non-hydrogen) atoms. The van der Waals surface area contributed by atoms with E-state index >= 15 is 0 Å². The molecule has 1 aliphatic carbocycles. The van der Waals surface area contributed by atoms with Gasteiger partial charge in [-0.2, -0.15) is 0 Å². The Bertz CT molecular complexity index is 1570. The first-order valence-corrected chi connectivity index (χ1v) is 13.9. The van der Waals surface area contributed by atoms with Crippen molar-refractivity contribution in [2.24, 2.45) is 11.1 Å². The topological polar surface area (TPSA) is 104 Å². The highest BCUT2D eigenvalue weighted by atomic mass is 35.5. The monoisotopic (exact) mass is 637 g/mol. The maximum Gasteiger partial charge on any atom is 0.337 e. The second-order valence-corrected chi connectivity index (χ2v) is 11.3. The van der Waals surface area contributed by atoms with Gasteiger partial charge in [0.15, 0.2) is 11.6 Å². The molecule has 1 aliphatic heterocycles. The summed E-state index contributed by atoms with van der Waals surface area (Å²) in [6.07, 6.45) is 3.20. The number of allylic oxidation sites excluding steroid dienone is 1. The Morgan fingerprint density at radius 1 is 1.12 bits per heavy atom. The third kappa shape index (κ3) is 6.47. The molecule has 2 fully saturated rings. The van der Waals surface area contributed by atoms with Gasteiger partial charge in [0.1, 0.15) is 22.9 Å². The number of aromatic nitrogens is 1. The largest absolute Gasteiger partial charge is 0.493 e. The average molecular weight is 639 g/mol. The minimum absolute atomic E-state index is 0.00553. The number of pyridine rings is 1. The number of carboxylic acids is 1. The lowest BCUT2D eigenvalue weighted by Crippen LogP contribution is -2.60. The van der Waals surface area contributed by atoms with Crippen molar-refractivity contribution in [2.75, 3.05) is 24.6 Å². The number of aliphatic hydroxyl groups is 1. The fourth-order valence-electron chi connectivity index (χ4n) is 4.54. The molecule has 1 saturated carbocycles. The number of benzene rings is 2. The third-order valence-electron chi connectivity index (χ3n) is 6.92. The molecule has 1 saturated heterocycles. The molecule has 0 amide bonds. The number of β-amino-alcohol motifs (C(OH)–C–C–N with tert-alkyl or cyclic N) is 1. The molecule has 0 bridgehead atoms. The van der Waals surface area contributed by atoms with Crippen molar-refractivity contribution in [1.29, 1.82) is 0 Å². The van der Waals surface area contributed by atoms with Gasteiger partial charge in [-0.3, -0.25) is 0 Å². The third-order valence-corrected chi connectivity index (χ3v) is 7.83. The number of carbonyl (C=O) groups is 1. The van der Waals surface area contributed by atoms with Crippen molar-refractivity contribution >= 4 is 52.3 Å². The lowest BCUT2D eigenvalue weighted by molar-refractivity contribution is 0.00670. The van der Waals surface area contributed by atoms with Crippen LogP contribution in [0.15, 0.2) is 60.1 Å². The van der Waals surface area contributed by atoms with E-state index in [0.717, 1.165) is 37.2 Å². The molecule has 0 radical (unpaired) electrons. The molecular formula is C29H24Cl3F2N3O5. The van der Waals surface area contributed by atoms with E-state index in [1.165, 1.54) is 11.0 Å². The predicted molar refractivity (Wildman–Crippen MR) is 155 cm³/mol. The van der Waals surface area contributed by atoms with E-state index in [4.69, 9.17) is 49.5 Å². The van der Waals surface area contributed by atoms with Crippen LogP contribution in [0.2, 0.25) is 15.1 Å². The lowest BCUT2D eigenvalue weighted by atomic mass is 9.86. The summed E-state index contributed by atoms with van der Waals surface area (Å²) in [5.74, 6) is -1.58. The van der Waals surface area contributed by atoms with Gasteiger partial charge in [0.25, 0.3) is 0 Å². The summed E-state index contributed by atoms with van der Waals surface area (Å²) in [6, 6.07) is 7.92. The van der Waals surface area contributed by atoms with Crippen LogP contribution in [0, 0.1) is 17.6 Å². The summed E-state index contributed by atoms with van der Waals surface area (Å²) in [6.45, 7) is 3.98. The Morgan fingerprint density at radius 2 is 1.81 bits per heavy atom. The average Bonchev–Trinajstić information content (AvgIpc) is 3.75. The van der Waals surface area contributed by atoms with E-state index in [9.17, 15) is 18.7 Å². The van der Waals surface area contributed by atoms with Crippen molar-refractivity contribution in [3.05, 3.63) is 98.3 Å². The Labute approximate surface area is 254 Å². The van der Waals surface area contributed by atoms with Crippen molar-refractivity contribution < 1.29 is 33.4 Å². The number of aromatic carboxylic acids is 1. The van der Waals surface area contributed by atoms with Crippen LogP contribution >= 0.6 is 34.8 Å². The van der Waals surface area contributed by atoms with Gasteiger partial charge in [0, 0.05) is 29.7 Å². The fourth-order valence-corrected chi connectivity index (χ4v) is 5.57. The Balaban J connectivity index is 1.24. The molecule has 0 spiro atoms. The Kier molecular flexibility index (Phi) is 8.61. The highest BCUT2D eigenvalue weighted by Gasteiger charge is 2.45. The summed E-state index contributed by atoms with van der Waals surface area (Å²) in [5.41, 5.74) is -0.582. The summed E-state index contributed by atoms with van der Waals surface area (Å²) in [4.78, 5) is 21.9. The van der Waals surface area contributed by atoms with Crippen LogP contribution in [0.1, 0.15) is 40.7 Å². The van der Waals surface area contributed by atoms with Gasteiger partial charge in [-0.1, -0.05) is 52.6 Å². The minimum atomic E-state index is -1.38. The molecule has 3 aromatic rings. The number of carboxylic acid groups (broad SMARTS) is 1. The number of hydrogen-bond acceptors (Lipinski definition) is 7. The van der Waals surface area contributed by atoms with Gasteiger partial charge in [-0.25, -0.2) is 18.6 Å². The van der Waals surface area contributed by atoms with Gasteiger partial charge in [0.05, 0.1) is 46.0 Å². The van der Waals surface area contributed by atoms with E-state index in [1.807, 2.05) is 0 Å². The molecule has 1 aromatic heterocycles. The molecule has 5 rings (SSSR count). The summed E-state index contributed by atoms with van der Waals surface area (Å²) >= 11 is 19.0. The number of ether oxygens (including phenoxy) is 1. The van der Waals surface area contributed by atoms with Crippen LogP contribution < -0.4 is 9.64 Å². The first kappa shape index (κ1) is 30.0. The predicted octanol–water partition coefficient (Wildman–Crippen LogP) is 6.84. The van der Waals surface area contributed by atoms with Gasteiger partial charge in [-0.05, 0) is 43.2 Å². The molecule has 2 N–H and O–H groups in total. The number of rotatable bonds is 11. The number of halogens is 5. The molecule has 13 heteroatoms. The summed E-state index contributed by atoms with van der Waals surface area (Å²) in [5, 5.41) is 24.7. The van der Waals surface area contributed by atoms with Crippen molar-refractivity contribution in [2.45, 2.75) is 24.9 Å². The van der Waals surface area contributed by atoms with Crippen LogP contribution in [0.3, 0.4) is 0 Å². The maximum absolute atomic E-state index is 14.4. The zero-order chi connectivity index (χ0) is 30.2. The van der Waals surface area contributed by atoms with Gasteiger partial charge >= 0.3 is 5.97 Å². The minimum Gasteiger partial charge on any atom is -0.493 e. The van der Waals surface area contributed by atoms with Crippen LogP contribution in [-0.4, -0.2) is 46.6 Å². The van der Waals surface area contributed by atoms with Crippen molar-refractivity contribution in [3.63, 3.8) is 0 Å². The number of hydrogen-bond donors (Lipinski definition) is 2. The second kappa shape index (κ2) is 12.0. The summed E-state index contributed by atoms with van der Waals surface area (Å²) in [7, 11) is 0. The molecule has 2 aromatic carbocycles. The van der Waals surface area contributed by atoms with E-state index in [1.54, 1.807) is 12.1 Å². The Morgan fingerprint density at radius 3 is 2.40 bits per heavy atom. The number of anilines is 1. The SMILES string of the molecule is C=C(O/N=C(\CCOc1ccc(C2(O)CN(c3ncc(C(=O)O)cc3F)C2)c(Cl)c1)c1c(Cl)cc(F)cc1Cl)C1CC1. The molecule has 8 nitrogen and oxygen atoms in total. The highest BCUT2D eigenvalue weighted by Crippen LogP contribution is 2.40. The molecule has 2 aliphatic rings. The van der Waals surface area contributed by atoms with E-state index in [2.05, 4.69) is 16.7 Å². The standard InChI is InChI=1S/C29H24Cl3F2N3O5/c1-15(16-2-3-16)42-36-25(26-22(31)9-18(33)10-23(26)32)6-7-41-19-4-5-20(21(30)11-19)29(40)13-37(14-29)27-24(34)8-17(12-35-27)28(38)39/h4-5,8-12,16,40H,1-3,6-7,13-14H2,(H,38,39)/b36-25+. The van der Waals surface area contributed by atoms with E-state index in [0.29, 0.717) is 28.3 Å². The maximum atomic E-state index is 14.4. The van der Waals surface area contributed by atoms with Gasteiger partial charge < -0.3 is 24.7 Å². The fraction of sp³-hybridized carbons (Fsp3) is 0.276. The highest BCUT2D eigenvalue weighted by molar-refractivity contribution is 6.40. The lowest BCUT2D eigenvalue weighted by Gasteiger charge is -2.47. The molecule has 0 atom stereocenters. The van der Waals surface area contributed by atoms with Crippen LogP contribution in [-0.2, 0) is 10.4 Å². The molecule has 0 unspecified atom stereocenters.